The van der Waals surface area contributed by atoms with Crippen molar-refractivity contribution in [2.24, 2.45) is 23.8 Å². The Hall–Kier alpha value is -6.40. The third-order valence-corrected chi connectivity index (χ3v) is 14.1. The highest BCUT2D eigenvalue weighted by Gasteiger charge is 2.55. The van der Waals surface area contributed by atoms with E-state index in [1.54, 1.807) is 36.0 Å². The van der Waals surface area contributed by atoms with Crippen molar-refractivity contribution in [3.05, 3.63) is 82.4 Å². The molecule has 0 bridgehead atoms. The number of nitrogens with one attached hydrogen (secondary N) is 1. The van der Waals surface area contributed by atoms with Crippen molar-refractivity contribution in [3.8, 4) is 29.6 Å². The summed E-state index contributed by atoms with van der Waals surface area (Å²) in [6.07, 6.45) is 12.0. The molecule has 1 spiro atoms. The number of imidazole rings is 1. The summed E-state index contributed by atoms with van der Waals surface area (Å²) >= 11 is 0. The van der Waals surface area contributed by atoms with Gasteiger partial charge in [-0.05, 0) is 67.7 Å². The van der Waals surface area contributed by atoms with Gasteiger partial charge in [0.05, 0.1) is 28.6 Å². The summed E-state index contributed by atoms with van der Waals surface area (Å²) in [5.41, 5.74) is 2.92. The van der Waals surface area contributed by atoms with Gasteiger partial charge in [0.2, 0.25) is 11.8 Å². The van der Waals surface area contributed by atoms with Crippen molar-refractivity contribution < 1.29 is 23.1 Å². The summed E-state index contributed by atoms with van der Waals surface area (Å²) in [6.45, 7) is 8.81. The number of terminal acetylenes is 1. The molecule has 1 saturated carbocycles. The molecule has 3 aromatic heterocycles. The number of amides is 2. The molecule has 15 heteroatoms. The highest BCUT2D eigenvalue weighted by molar-refractivity contribution is 6.02. The summed E-state index contributed by atoms with van der Waals surface area (Å²) in [7, 11) is 1.72. The third-order valence-electron chi connectivity index (χ3n) is 14.1. The number of rotatable bonds is 9. The van der Waals surface area contributed by atoms with Crippen LogP contribution in [0.4, 0.5) is 20.3 Å². The number of benzene rings is 3. The van der Waals surface area contributed by atoms with E-state index >= 15 is 4.39 Å². The van der Waals surface area contributed by atoms with Crippen LogP contribution < -0.4 is 25.5 Å². The first-order valence-electron chi connectivity index (χ1n) is 21.9. The molecule has 0 radical (unpaired) electrons. The number of aromatic nitrogens is 5. The number of pyridine rings is 1. The van der Waals surface area contributed by atoms with E-state index in [2.05, 4.69) is 37.8 Å². The SMILES string of the molecule is C#Cc1c(F)ccc2cccc(-c3ncc4c(N5CCCC(C)C5)nc(OCC5(CN6CC7(C6)CN(c6ccc8c(c6)n(C)c(=O)n8C6CCC(=O)NC6=O)C7)CC5)nc4c3F)c12. The topological polar surface area (TPSA) is 131 Å². The molecule has 2 atom stereocenters. The van der Waals surface area contributed by atoms with Crippen LogP contribution >= 0.6 is 0 Å². The standard InChI is InChI=1S/C48H47F2N9O4/c1-4-31-34(49)12-10-29-8-5-9-32(39(29)31)41-40(50)42-33(20-51-41)43(57-18-6-7-28(2)21-57)54-45(53-42)63-27-47(16-17-47)22-56-23-48(24-56)25-58(26-48)30-11-13-35-37(19-30)55(3)46(62)59(35)36-14-15-38(60)52-44(36)61/h1,5,8-13,19-20,28,36H,6-7,14-18,21-27H2,2-3H3,(H,52,60,61). The normalized spacial score (nSPS) is 21.7. The number of piperidine rings is 2. The number of hydrogen-bond donors (Lipinski definition) is 1. The van der Waals surface area contributed by atoms with Gasteiger partial charge in [0.25, 0.3) is 0 Å². The van der Waals surface area contributed by atoms with Crippen LogP contribution in [0.15, 0.2) is 59.5 Å². The number of ether oxygens (including phenoxy) is 1. The summed E-state index contributed by atoms with van der Waals surface area (Å²) < 4.78 is 41.4. The van der Waals surface area contributed by atoms with Crippen LogP contribution in [-0.2, 0) is 16.6 Å². The number of fused-ring (bicyclic) bond motifs is 3. The zero-order valence-electron chi connectivity index (χ0n) is 35.3. The lowest BCUT2D eigenvalue weighted by molar-refractivity contribution is -0.135. The molecule has 3 aromatic carbocycles. The predicted molar refractivity (Wildman–Crippen MR) is 236 cm³/mol. The van der Waals surface area contributed by atoms with Gasteiger partial charge in [0.1, 0.15) is 28.9 Å². The number of carbonyl (C=O) groups is 2. The Morgan fingerprint density at radius 2 is 1.81 bits per heavy atom. The molecule has 4 saturated heterocycles. The summed E-state index contributed by atoms with van der Waals surface area (Å²) in [4.78, 5) is 58.9. The van der Waals surface area contributed by atoms with E-state index in [-0.39, 0.29) is 51.6 Å². The highest BCUT2D eigenvalue weighted by atomic mass is 19.1. The summed E-state index contributed by atoms with van der Waals surface area (Å²) in [6, 6.07) is 13.6. The zero-order chi connectivity index (χ0) is 43.4. The van der Waals surface area contributed by atoms with Crippen molar-refractivity contribution in [1.29, 1.82) is 0 Å². The minimum absolute atomic E-state index is 0.0350. The van der Waals surface area contributed by atoms with E-state index in [0.29, 0.717) is 52.0 Å². The Bertz CT molecular complexity index is 3010. The lowest BCUT2D eigenvalue weighted by atomic mass is 9.72. The Balaban J connectivity index is 0.794. The first-order valence-corrected chi connectivity index (χ1v) is 21.9. The molecule has 2 amide bonds. The largest absolute Gasteiger partial charge is 0.463 e. The molecule has 1 N–H and O–H groups in total. The van der Waals surface area contributed by atoms with Gasteiger partial charge >= 0.3 is 11.7 Å². The fraction of sp³-hybridized carbons (Fsp3) is 0.417. The van der Waals surface area contributed by atoms with Gasteiger partial charge < -0.3 is 19.4 Å². The van der Waals surface area contributed by atoms with E-state index in [0.717, 1.165) is 82.7 Å². The van der Waals surface area contributed by atoms with E-state index in [1.165, 1.54) is 10.6 Å². The molecule has 2 unspecified atom stereocenters. The van der Waals surface area contributed by atoms with Crippen molar-refractivity contribution >= 4 is 56.0 Å². The smallest absolute Gasteiger partial charge is 0.329 e. The third kappa shape index (κ3) is 6.60. The van der Waals surface area contributed by atoms with Gasteiger partial charge in [-0.2, -0.15) is 9.97 Å². The van der Waals surface area contributed by atoms with E-state index in [1.807, 2.05) is 24.3 Å². The molecule has 322 valence electrons. The second kappa shape index (κ2) is 14.6. The number of imide groups is 1. The number of likely N-dealkylation sites (tertiary alicyclic amines) is 1. The number of anilines is 2. The first-order chi connectivity index (χ1) is 30.4. The number of halogens is 2. The number of aryl methyl sites for hydroxylation is 1. The van der Waals surface area contributed by atoms with Crippen LogP contribution in [0, 0.1) is 40.7 Å². The van der Waals surface area contributed by atoms with Crippen molar-refractivity contribution in [2.75, 3.05) is 62.2 Å². The summed E-state index contributed by atoms with van der Waals surface area (Å²) in [5.74, 6) is 1.55. The van der Waals surface area contributed by atoms with Crippen molar-refractivity contribution in [2.45, 2.75) is 51.5 Å². The maximum Gasteiger partial charge on any atom is 0.329 e. The number of hydrogen-bond acceptors (Lipinski definition) is 10. The monoisotopic (exact) mass is 851 g/mol. The van der Waals surface area contributed by atoms with Crippen LogP contribution in [0.2, 0.25) is 0 Å². The second-order valence-corrected chi connectivity index (χ2v) is 18.8. The minimum Gasteiger partial charge on any atom is -0.463 e. The predicted octanol–water partition coefficient (Wildman–Crippen LogP) is 5.95. The maximum absolute atomic E-state index is 17.0. The minimum atomic E-state index is -0.715. The van der Waals surface area contributed by atoms with Crippen LogP contribution in [0.5, 0.6) is 6.01 Å². The molecule has 7 heterocycles. The van der Waals surface area contributed by atoms with Crippen LogP contribution in [0.1, 0.15) is 57.1 Å². The fourth-order valence-electron chi connectivity index (χ4n) is 10.7. The molecular formula is C48H47F2N9O4. The lowest BCUT2D eigenvalue weighted by Crippen LogP contribution is -2.72. The molecule has 5 aliphatic rings. The van der Waals surface area contributed by atoms with Gasteiger partial charge in [-0.25, -0.2) is 13.6 Å². The average Bonchev–Trinajstić information content (AvgIpc) is 3.98. The summed E-state index contributed by atoms with van der Waals surface area (Å²) in [5, 5.41) is 3.98. The maximum atomic E-state index is 17.0. The Morgan fingerprint density at radius 1 is 0.984 bits per heavy atom. The Kier molecular flexibility index (Phi) is 9.13. The second-order valence-electron chi connectivity index (χ2n) is 18.8. The molecule has 4 aliphatic heterocycles. The van der Waals surface area contributed by atoms with Crippen molar-refractivity contribution in [3.63, 3.8) is 0 Å². The molecule has 5 fully saturated rings. The van der Waals surface area contributed by atoms with Crippen LogP contribution in [0.3, 0.4) is 0 Å². The number of nitrogens with zero attached hydrogens (tertiary/aromatic N) is 8. The zero-order valence-corrected chi connectivity index (χ0v) is 35.3. The van der Waals surface area contributed by atoms with Crippen LogP contribution in [-0.4, -0.2) is 93.2 Å². The average molecular weight is 852 g/mol. The van der Waals surface area contributed by atoms with E-state index < -0.39 is 23.6 Å². The van der Waals surface area contributed by atoms with Gasteiger partial charge in [0.15, 0.2) is 5.82 Å². The Morgan fingerprint density at radius 3 is 2.57 bits per heavy atom. The van der Waals surface area contributed by atoms with E-state index in [4.69, 9.17) is 21.1 Å². The van der Waals surface area contributed by atoms with Gasteiger partial charge in [-0.3, -0.25) is 29.0 Å². The quantitative estimate of drug-likeness (QED) is 0.138. The van der Waals surface area contributed by atoms with Gasteiger partial charge in [0, 0.05) is 92.9 Å². The molecular weight excluding hydrogens is 805 g/mol. The highest BCUT2D eigenvalue weighted by Crippen LogP contribution is 2.50. The van der Waals surface area contributed by atoms with Gasteiger partial charge in [-0.15, -0.1) is 6.42 Å². The van der Waals surface area contributed by atoms with E-state index in [9.17, 15) is 18.8 Å². The van der Waals surface area contributed by atoms with Crippen LogP contribution in [0.25, 0.3) is 44.0 Å². The molecule has 13 nitrogen and oxygen atoms in total. The van der Waals surface area contributed by atoms with Gasteiger partial charge in [-0.1, -0.05) is 37.1 Å². The molecule has 63 heavy (non-hydrogen) atoms. The first kappa shape index (κ1) is 39.4. The Labute approximate surface area is 362 Å². The number of carbonyl (C=O) groups excluding carboxylic acids is 2. The fourth-order valence-corrected chi connectivity index (χ4v) is 10.7. The molecule has 11 rings (SSSR count). The lowest BCUT2D eigenvalue weighted by Gasteiger charge is -2.61. The molecule has 1 aliphatic carbocycles. The van der Waals surface area contributed by atoms with Crippen molar-refractivity contribution in [1.82, 2.24) is 34.3 Å². The molecule has 6 aromatic rings.